The predicted molar refractivity (Wildman–Crippen MR) is 69.0 cm³/mol. The number of fused-ring (bicyclic) bond motifs is 1. The maximum Gasteiger partial charge on any atom is 0.453 e. The van der Waals surface area contributed by atoms with Gasteiger partial charge >= 0.3 is 12.1 Å². The van der Waals surface area contributed by atoms with Crippen LogP contribution in [0.2, 0.25) is 0 Å². The highest BCUT2D eigenvalue weighted by molar-refractivity contribution is 6.07. The second-order valence-corrected chi connectivity index (χ2v) is 4.73. The van der Waals surface area contributed by atoms with Gasteiger partial charge in [-0.25, -0.2) is 14.1 Å². The van der Waals surface area contributed by atoms with E-state index in [1.54, 1.807) is 0 Å². The van der Waals surface area contributed by atoms with Crippen LogP contribution in [0.3, 0.4) is 0 Å². The topological polar surface area (TPSA) is 80.6 Å². The van der Waals surface area contributed by atoms with E-state index in [4.69, 9.17) is 11.1 Å². The van der Waals surface area contributed by atoms with Gasteiger partial charge in [0.05, 0.1) is 17.3 Å². The highest BCUT2D eigenvalue weighted by Crippen LogP contribution is 2.38. The van der Waals surface area contributed by atoms with Crippen LogP contribution < -0.4 is 5.73 Å². The molecule has 126 valence electrons. The Balaban J connectivity index is 2.40. The van der Waals surface area contributed by atoms with Gasteiger partial charge in [-0.05, 0) is 6.07 Å². The summed E-state index contributed by atoms with van der Waals surface area (Å²) in [5, 5.41) is 11.4. The number of aryl methyl sites for hydroxylation is 1. The van der Waals surface area contributed by atoms with Crippen LogP contribution in [-0.4, -0.2) is 39.1 Å². The summed E-state index contributed by atoms with van der Waals surface area (Å²) in [5.74, 6) is -5.66. The van der Waals surface area contributed by atoms with Crippen LogP contribution >= 0.6 is 0 Å². The molecule has 2 heterocycles. The van der Waals surface area contributed by atoms with Crippen LogP contribution in [0.1, 0.15) is 12.1 Å². The van der Waals surface area contributed by atoms with Crippen molar-refractivity contribution >= 4 is 16.7 Å². The van der Waals surface area contributed by atoms with E-state index in [1.807, 2.05) is 0 Å². The fraction of sp³-hybridized carbons (Fsp3) is 0.417. The minimum absolute atomic E-state index is 0.0239. The molecule has 2 aromatic heterocycles. The Kier molecular flexibility index (Phi) is 4.33. The van der Waals surface area contributed by atoms with Crippen molar-refractivity contribution in [2.24, 2.45) is 5.73 Å². The standard InChI is InChI=1S/C12H11F6N5/c13-6-3-7-9(8(20)4-19)22-23(10(7)21-5-6)2-1-11(14,15)12(16,17)18/h3,5,20H,1-2,4,19H2. The average molecular weight is 339 g/mol. The van der Waals surface area contributed by atoms with Crippen LogP contribution in [0.25, 0.3) is 11.0 Å². The van der Waals surface area contributed by atoms with Gasteiger partial charge < -0.3 is 11.1 Å². The highest BCUT2D eigenvalue weighted by atomic mass is 19.4. The summed E-state index contributed by atoms with van der Waals surface area (Å²) >= 11 is 0. The first-order valence-corrected chi connectivity index (χ1v) is 6.31. The molecule has 0 saturated heterocycles. The lowest BCUT2D eigenvalue weighted by Gasteiger charge is -2.19. The molecule has 0 fully saturated rings. The van der Waals surface area contributed by atoms with Crippen LogP contribution in [0, 0.1) is 11.2 Å². The number of nitrogens with zero attached hydrogens (tertiary/aromatic N) is 3. The zero-order valence-corrected chi connectivity index (χ0v) is 11.5. The number of rotatable bonds is 5. The monoisotopic (exact) mass is 339 g/mol. The average Bonchev–Trinajstić information content (AvgIpc) is 2.81. The molecule has 0 aliphatic heterocycles. The number of hydrogen-bond donors (Lipinski definition) is 2. The first kappa shape index (κ1) is 17.2. The van der Waals surface area contributed by atoms with Gasteiger partial charge in [0.25, 0.3) is 0 Å². The van der Waals surface area contributed by atoms with E-state index in [1.165, 1.54) is 0 Å². The van der Waals surface area contributed by atoms with Crippen molar-refractivity contribution in [2.45, 2.75) is 25.1 Å². The molecule has 23 heavy (non-hydrogen) atoms. The summed E-state index contributed by atoms with van der Waals surface area (Å²) in [6, 6.07) is 0.966. The second kappa shape index (κ2) is 5.80. The summed E-state index contributed by atoms with van der Waals surface area (Å²) in [6.07, 6.45) is -6.46. The van der Waals surface area contributed by atoms with Gasteiger partial charge in [-0.15, -0.1) is 0 Å². The van der Waals surface area contributed by atoms with Gasteiger partial charge in [0, 0.05) is 19.5 Å². The first-order chi connectivity index (χ1) is 10.6. The molecule has 2 aromatic rings. The van der Waals surface area contributed by atoms with Crippen molar-refractivity contribution < 1.29 is 26.3 Å². The van der Waals surface area contributed by atoms with E-state index < -0.39 is 30.9 Å². The molecular weight excluding hydrogens is 328 g/mol. The molecule has 0 aliphatic carbocycles. The van der Waals surface area contributed by atoms with Gasteiger partial charge in [0.15, 0.2) is 5.65 Å². The number of nitrogens with two attached hydrogens (primary N) is 1. The molecule has 0 aliphatic rings. The van der Waals surface area contributed by atoms with Gasteiger partial charge in [-0.2, -0.15) is 27.1 Å². The smallest absolute Gasteiger partial charge is 0.325 e. The van der Waals surface area contributed by atoms with E-state index in [9.17, 15) is 26.3 Å². The Labute approximate surface area is 125 Å². The molecule has 0 radical (unpaired) electrons. The quantitative estimate of drug-likeness (QED) is 0.649. The molecule has 0 bridgehead atoms. The molecule has 2 rings (SSSR count). The molecule has 0 spiro atoms. The number of hydrogen-bond acceptors (Lipinski definition) is 4. The third-order valence-electron chi connectivity index (χ3n) is 3.10. The Morgan fingerprint density at radius 2 is 1.91 bits per heavy atom. The van der Waals surface area contributed by atoms with Crippen LogP contribution in [0.5, 0.6) is 0 Å². The highest BCUT2D eigenvalue weighted by Gasteiger charge is 2.56. The number of nitrogens with one attached hydrogen (secondary N) is 1. The molecule has 0 atom stereocenters. The lowest BCUT2D eigenvalue weighted by molar-refractivity contribution is -0.285. The summed E-state index contributed by atoms with van der Waals surface area (Å²) in [6.45, 7) is -1.07. The Hall–Kier alpha value is -2.17. The van der Waals surface area contributed by atoms with Gasteiger partial charge in [-0.3, -0.25) is 0 Å². The van der Waals surface area contributed by atoms with E-state index in [-0.39, 0.29) is 29.0 Å². The first-order valence-electron chi connectivity index (χ1n) is 6.31. The molecule has 11 heteroatoms. The predicted octanol–water partition coefficient (Wildman–Crippen LogP) is 2.48. The zero-order valence-electron chi connectivity index (χ0n) is 11.5. The van der Waals surface area contributed by atoms with Crippen molar-refractivity contribution in [1.82, 2.24) is 14.8 Å². The lowest BCUT2D eigenvalue weighted by Crippen LogP contribution is -2.37. The third kappa shape index (κ3) is 3.28. The minimum atomic E-state index is -5.68. The van der Waals surface area contributed by atoms with E-state index in [0.717, 1.165) is 16.9 Å². The summed E-state index contributed by atoms with van der Waals surface area (Å²) < 4.78 is 76.6. The summed E-state index contributed by atoms with van der Waals surface area (Å²) in [4.78, 5) is 3.64. The van der Waals surface area contributed by atoms with Crippen molar-refractivity contribution in [3.05, 3.63) is 23.8 Å². The van der Waals surface area contributed by atoms with E-state index in [0.29, 0.717) is 0 Å². The summed E-state index contributed by atoms with van der Waals surface area (Å²) in [5.41, 5.74) is 4.86. The lowest BCUT2D eigenvalue weighted by atomic mass is 10.2. The fourth-order valence-corrected chi connectivity index (χ4v) is 1.90. The van der Waals surface area contributed by atoms with E-state index >= 15 is 0 Å². The van der Waals surface area contributed by atoms with E-state index in [2.05, 4.69) is 10.1 Å². The van der Waals surface area contributed by atoms with Crippen molar-refractivity contribution in [2.75, 3.05) is 6.54 Å². The minimum Gasteiger partial charge on any atom is -0.325 e. The number of aromatic nitrogens is 3. The van der Waals surface area contributed by atoms with Gasteiger partial charge in [-0.1, -0.05) is 0 Å². The third-order valence-corrected chi connectivity index (χ3v) is 3.10. The van der Waals surface area contributed by atoms with Crippen molar-refractivity contribution in [3.8, 4) is 0 Å². The van der Waals surface area contributed by atoms with Gasteiger partial charge in [0.1, 0.15) is 11.5 Å². The summed E-state index contributed by atoms with van der Waals surface area (Å²) in [7, 11) is 0. The van der Waals surface area contributed by atoms with Crippen LogP contribution in [-0.2, 0) is 6.54 Å². The zero-order chi connectivity index (χ0) is 17.4. The van der Waals surface area contributed by atoms with Gasteiger partial charge in [0.2, 0.25) is 0 Å². The molecule has 0 unspecified atom stereocenters. The SMILES string of the molecule is N=C(CN)c1nn(CCC(F)(F)C(F)(F)F)c2ncc(F)cc12. The molecular formula is C12H11F6N5. The number of pyridine rings is 1. The maximum atomic E-state index is 13.3. The van der Waals surface area contributed by atoms with Crippen molar-refractivity contribution in [3.63, 3.8) is 0 Å². The largest absolute Gasteiger partial charge is 0.453 e. The van der Waals surface area contributed by atoms with Crippen LogP contribution in [0.15, 0.2) is 12.3 Å². The molecule has 5 nitrogen and oxygen atoms in total. The van der Waals surface area contributed by atoms with Crippen molar-refractivity contribution in [1.29, 1.82) is 5.41 Å². The number of alkyl halides is 5. The Morgan fingerprint density at radius 1 is 1.26 bits per heavy atom. The maximum absolute atomic E-state index is 13.3. The second-order valence-electron chi connectivity index (χ2n) is 4.73. The van der Waals surface area contributed by atoms with Crippen LogP contribution in [0.4, 0.5) is 26.3 Å². The normalized spacial score (nSPS) is 12.8. The Bertz CT molecular complexity index is 735. The fourth-order valence-electron chi connectivity index (χ4n) is 1.90. The molecule has 0 aromatic carbocycles. The molecule has 3 N–H and O–H groups in total. The molecule has 0 saturated carbocycles. The molecule has 0 amide bonds. The number of halogens is 6. The Morgan fingerprint density at radius 3 is 2.48 bits per heavy atom.